The fourth-order valence-electron chi connectivity index (χ4n) is 3.13. The van der Waals surface area contributed by atoms with E-state index in [9.17, 15) is 0 Å². The number of fused-ring (bicyclic) bond motifs is 1. The Morgan fingerprint density at radius 3 is 2.72 bits per heavy atom. The molecule has 0 saturated carbocycles. The van der Waals surface area contributed by atoms with Crippen LogP contribution in [0.2, 0.25) is 0 Å². The molecule has 2 atom stereocenters. The summed E-state index contributed by atoms with van der Waals surface area (Å²) in [5.41, 5.74) is 3.06. The van der Waals surface area contributed by atoms with Gasteiger partial charge in [-0.1, -0.05) is 37.6 Å². The van der Waals surface area contributed by atoms with Crippen molar-refractivity contribution in [3.05, 3.63) is 35.4 Å². The van der Waals surface area contributed by atoms with Crippen molar-refractivity contribution in [2.75, 3.05) is 13.6 Å². The van der Waals surface area contributed by atoms with Crippen LogP contribution < -0.4 is 5.32 Å². The van der Waals surface area contributed by atoms with Gasteiger partial charge in [0.05, 0.1) is 0 Å². The fourth-order valence-corrected chi connectivity index (χ4v) is 3.13. The smallest absolute Gasteiger partial charge is 0.0267 e. The molecular formula is C16H26N2. The molecule has 0 bridgehead atoms. The maximum atomic E-state index is 3.35. The van der Waals surface area contributed by atoms with E-state index in [-0.39, 0.29) is 0 Å². The summed E-state index contributed by atoms with van der Waals surface area (Å²) in [4.78, 5) is 2.68. The summed E-state index contributed by atoms with van der Waals surface area (Å²) in [5, 5.41) is 3.35. The Morgan fingerprint density at radius 1 is 1.33 bits per heavy atom. The number of rotatable bonds is 5. The topological polar surface area (TPSA) is 15.3 Å². The van der Waals surface area contributed by atoms with Gasteiger partial charge >= 0.3 is 0 Å². The quantitative estimate of drug-likeness (QED) is 0.859. The van der Waals surface area contributed by atoms with Crippen LogP contribution in [-0.4, -0.2) is 30.6 Å². The Morgan fingerprint density at radius 2 is 2.06 bits per heavy atom. The van der Waals surface area contributed by atoms with Crippen molar-refractivity contribution >= 4 is 0 Å². The third-order valence-electron chi connectivity index (χ3n) is 4.11. The third kappa shape index (κ3) is 2.93. The molecule has 100 valence electrons. The number of nitrogens with one attached hydrogen (secondary N) is 1. The predicted molar refractivity (Wildman–Crippen MR) is 77.8 cm³/mol. The van der Waals surface area contributed by atoms with E-state index in [0.29, 0.717) is 12.1 Å². The van der Waals surface area contributed by atoms with Gasteiger partial charge in [0.15, 0.2) is 0 Å². The van der Waals surface area contributed by atoms with Crippen LogP contribution in [0.3, 0.4) is 0 Å². The SMILES string of the molecule is CCCC(C)N1Cc2ccccc2CC1CNC. The highest BCUT2D eigenvalue weighted by molar-refractivity contribution is 5.30. The first-order valence-corrected chi connectivity index (χ1v) is 7.23. The number of benzene rings is 1. The predicted octanol–water partition coefficient (Wildman–Crippen LogP) is 2.82. The molecule has 1 aliphatic rings. The average Bonchev–Trinajstić information content (AvgIpc) is 2.38. The average molecular weight is 246 g/mol. The molecule has 0 spiro atoms. The van der Waals surface area contributed by atoms with E-state index in [4.69, 9.17) is 0 Å². The lowest BCUT2D eigenvalue weighted by molar-refractivity contribution is 0.114. The summed E-state index contributed by atoms with van der Waals surface area (Å²) in [6, 6.07) is 10.2. The van der Waals surface area contributed by atoms with Gasteiger partial charge in [-0.15, -0.1) is 0 Å². The normalized spacial score (nSPS) is 21.6. The molecule has 2 nitrogen and oxygen atoms in total. The van der Waals surface area contributed by atoms with Crippen LogP contribution >= 0.6 is 0 Å². The van der Waals surface area contributed by atoms with Crippen molar-refractivity contribution in [3.63, 3.8) is 0 Å². The number of likely N-dealkylation sites (N-methyl/N-ethyl adjacent to an activating group) is 1. The zero-order valence-electron chi connectivity index (χ0n) is 11.9. The molecule has 1 aliphatic heterocycles. The zero-order valence-corrected chi connectivity index (χ0v) is 11.9. The second-order valence-electron chi connectivity index (χ2n) is 5.49. The Hall–Kier alpha value is -0.860. The van der Waals surface area contributed by atoms with Crippen molar-refractivity contribution in [1.82, 2.24) is 10.2 Å². The lowest BCUT2D eigenvalue weighted by atomic mass is 9.92. The standard InChI is InChI=1S/C16H26N2/c1-4-7-13(2)18-12-15-9-6-5-8-14(15)10-16(18)11-17-3/h5-6,8-9,13,16-17H,4,7,10-12H2,1-3H3. The van der Waals surface area contributed by atoms with Crippen LogP contribution in [0.25, 0.3) is 0 Å². The molecule has 0 radical (unpaired) electrons. The van der Waals surface area contributed by atoms with Crippen molar-refractivity contribution in [2.24, 2.45) is 0 Å². The van der Waals surface area contributed by atoms with Gasteiger partial charge in [-0.2, -0.15) is 0 Å². The van der Waals surface area contributed by atoms with Gasteiger partial charge in [-0.05, 0) is 37.9 Å². The monoisotopic (exact) mass is 246 g/mol. The maximum Gasteiger partial charge on any atom is 0.0267 e. The first-order valence-electron chi connectivity index (χ1n) is 7.23. The van der Waals surface area contributed by atoms with Crippen LogP contribution in [0.5, 0.6) is 0 Å². The van der Waals surface area contributed by atoms with Crippen LogP contribution in [0.1, 0.15) is 37.8 Å². The molecule has 1 aromatic rings. The minimum Gasteiger partial charge on any atom is -0.318 e. The first kappa shape index (κ1) is 13.6. The van der Waals surface area contributed by atoms with Crippen LogP contribution in [0.15, 0.2) is 24.3 Å². The largest absolute Gasteiger partial charge is 0.318 e. The van der Waals surface area contributed by atoms with E-state index in [2.05, 4.69) is 55.4 Å². The highest BCUT2D eigenvalue weighted by Crippen LogP contribution is 2.26. The molecule has 2 unspecified atom stereocenters. The number of nitrogens with zero attached hydrogens (tertiary/aromatic N) is 1. The molecule has 0 aliphatic carbocycles. The molecule has 0 fully saturated rings. The third-order valence-corrected chi connectivity index (χ3v) is 4.11. The second kappa shape index (κ2) is 6.35. The molecule has 0 saturated heterocycles. The highest BCUT2D eigenvalue weighted by Gasteiger charge is 2.28. The molecule has 2 heteroatoms. The van der Waals surface area contributed by atoms with Crippen molar-refractivity contribution in [1.29, 1.82) is 0 Å². The molecule has 0 amide bonds. The van der Waals surface area contributed by atoms with Gasteiger partial charge in [-0.3, -0.25) is 4.90 Å². The van der Waals surface area contributed by atoms with E-state index in [1.54, 1.807) is 0 Å². The summed E-state index contributed by atoms with van der Waals surface area (Å²) in [6.07, 6.45) is 3.75. The van der Waals surface area contributed by atoms with E-state index in [1.807, 2.05) is 0 Å². The molecule has 18 heavy (non-hydrogen) atoms. The lowest BCUT2D eigenvalue weighted by Gasteiger charge is -2.41. The molecule has 0 aromatic heterocycles. The van der Waals surface area contributed by atoms with Gasteiger partial charge in [0.25, 0.3) is 0 Å². The lowest BCUT2D eigenvalue weighted by Crippen LogP contribution is -2.49. The maximum absolute atomic E-state index is 3.35. The molecule has 2 rings (SSSR count). The summed E-state index contributed by atoms with van der Waals surface area (Å²) in [5.74, 6) is 0. The van der Waals surface area contributed by atoms with Gasteiger partial charge in [0.1, 0.15) is 0 Å². The number of hydrogen-bond acceptors (Lipinski definition) is 2. The van der Waals surface area contributed by atoms with Crippen molar-refractivity contribution in [2.45, 2.75) is 51.7 Å². The molecule has 1 aromatic carbocycles. The first-order chi connectivity index (χ1) is 8.76. The van der Waals surface area contributed by atoms with Crippen molar-refractivity contribution in [3.8, 4) is 0 Å². The Kier molecular flexibility index (Phi) is 4.79. The molecular weight excluding hydrogens is 220 g/mol. The van der Waals surface area contributed by atoms with Gasteiger partial charge in [0, 0.05) is 25.2 Å². The van der Waals surface area contributed by atoms with Gasteiger partial charge in [-0.25, -0.2) is 0 Å². The van der Waals surface area contributed by atoms with Crippen LogP contribution in [-0.2, 0) is 13.0 Å². The van der Waals surface area contributed by atoms with Crippen molar-refractivity contribution < 1.29 is 0 Å². The minimum atomic E-state index is 0.645. The Labute approximate surface area is 111 Å². The summed E-state index contributed by atoms with van der Waals surface area (Å²) < 4.78 is 0. The van der Waals surface area contributed by atoms with Gasteiger partial charge in [0.2, 0.25) is 0 Å². The fraction of sp³-hybridized carbons (Fsp3) is 0.625. The minimum absolute atomic E-state index is 0.645. The van der Waals surface area contributed by atoms with E-state index >= 15 is 0 Å². The Balaban J connectivity index is 2.17. The summed E-state index contributed by atoms with van der Waals surface area (Å²) in [6.45, 7) is 6.85. The van der Waals surface area contributed by atoms with Gasteiger partial charge < -0.3 is 5.32 Å². The molecule has 1 heterocycles. The van der Waals surface area contributed by atoms with Crippen LogP contribution in [0.4, 0.5) is 0 Å². The second-order valence-corrected chi connectivity index (χ2v) is 5.49. The van der Waals surface area contributed by atoms with E-state index in [0.717, 1.165) is 13.1 Å². The van der Waals surface area contributed by atoms with E-state index in [1.165, 1.54) is 30.4 Å². The zero-order chi connectivity index (χ0) is 13.0. The van der Waals surface area contributed by atoms with Crippen LogP contribution in [0, 0.1) is 0 Å². The highest BCUT2D eigenvalue weighted by atomic mass is 15.2. The molecule has 1 N–H and O–H groups in total. The summed E-state index contributed by atoms with van der Waals surface area (Å²) >= 11 is 0. The van der Waals surface area contributed by atoms with E-state index < -0.39 is 0 Å². The number of hydrogen-bond donors (Lipinski definition) is 1. The summed E-state index contributed by atoms with van der Waals surface area (Å²) in [7, 11) is 2.06. The Bertz CT molecular complexity index is 375.